The van der Waals surface area contributed by atoms with E-state index in [1.54, 1.807) is 65.7 Å². The third kappa shape index (κ3) is 7.37. The van der Waals surface area contributed by atoms with E-state index in [4.69, 9.17) is 11.6 Å². The number of pyridine rings is 1. The molecule has 1 atom stereocenters. The number of benzene rings is 2. The van der Waals surface area contributed by atoms with E-state index in [2.05, 4.69) is 20.5 Å². The number of carbonyl (C=O) groups is 4. The molecule has 43 heavy (non-hydrogen) atoms. The fraction of sp³-hybridized carbons (Fsp3) is 0.194. The summed E-state index contributed by atoms with van der Waals surface area (Å²) in [7, 11) is 0. The van der Waals surface area contributed by atoms with Crippen molar-refractivity contribution in [2.24, 2.45) is 0 Å². The van der Waals surface area contributed by atoms with Crippen LogP contribution in [0, 0.1) is 0 Å². The highest BCUT2D eigenvalue weighted by Gasteiger charge is 2.26. The van der Waals surface area contributed by atoms with Crippen molar-refractivity contribution in [2.45, 2.75) is 12.5 Å². The number of amides is 3. The summed E-state index contributed by atoms with van der Waals surface area (Å²) >= 11 is 7.51. The number of hydrogen-bond donors (Lipinski definition) is 3. The number of anilines is 2. The number of carboxylic acids is 1. The molecular formula is C31H28ClN5O5S. The van der Waals surface area contributed by atoms with E-state index in [9.17, 15) is 24.3 Å². The fourth-order valence-electron chi connectivity index (χ4n) is 4.83. The molecule has 0 saturated carbocycles. The van der Waals surface area contributed by atoms with Crippen LogP contribution in [0.1, 0.15) is 48.4 Å². The molecule has 3 heterocycles. The van der Waals surface area contributed by atoms with Gasteiger partial charge in [-0.15, -0.1) is 11.3 Å². The van der Waals surface area contributed by atoms with Crippen molar-refractivity contribution in [3.63, 3.8) is 0 Å². The van der Waals surface area contributed by atoms with Crippen LogP contribution >= 0.6 is 22.9 Å². The van der Waals surface area contributed by atoms with Gasteiger partial charge in [0.05, 0.1) is 28.7 Å². The molecule has 2 aromatic carbocycles. The number of carboxylic acid groups (broad SMARTS) is 1. The molecule has 12 heteroatoms. The highest BCUT2D eigenvalue weighted by Crippen LogP contribution is 2.30. The second kappa shape index (κ2) is 13.5. The van der Waals surface area contributed by atoms with Gasteiger partial charge in [0.25, 0.3) is 17.7 Å². The molecule has 0 radical (unpaired) electrons. The summed E-state index contributed by atoms with van der Waals surface area (Å²) < 4.78 is 0. The molecule has 1 aliphatic heterocycles. The zero-order valence-electron chi connectivity index (χ0n) is 22.9. The standard InChI is InChI=1S/C31H28ClN5O5S/c32-23-6-1-4-20(16-23)29(40)35-25-17-21(30(41)34-24(18-28(38)39)22-5-2-10-33-19-22)8-9-26(25)36-11-13-37(14-12-36)31(42)27-7-3-15-43-27/h1-10,15-17,19,24H,11-14,18H2,(H,34,41)(H,35,40)(H,38,39). The minimum atomic E-state index is -1.07. The molecule has 1 unspecified atom stereocenters. The van der Waals surface area contributed by atoms with E-state index >= 15 is 0 Å². The smallest absolute Gasteiger partial charge is 0.305 e. The van der Waals surface area contributed by atoms with Crippen LogP contribution in [0.2, 0.25) is 5.02 Å². The lowest BCUT2D eigenvalue weighted by Crippen LogP contribution is -2.48. The first-order valence-corrected chi connectivity index (χ1v) is 14.8. The summed E-state index contributed by atoms with van der Waals surface area (Å²) in [6, 6.07) is 17.7. The van der Waals surface area contributed by atoms with Crippen molar-refractivity contribution in [1.29, 1.82) is 0 Å². The van der Waals surface area contributed by atoms with Gasteiger partial charge in [-0.1, -0.05) is 29.8 Å². The molecule has 4 aromatic rings. The number of nitrogens with one attached hydrogen (secondary N) is 2. The summed E-state index contributed by atoms with van der Waals surface area (Å²) in [5, 5.41) is 17.4. The molecule has 1 saturated heterocycles. The van der Waals surface area contributed by atoms with Gasteiger partial charge in [-0.2, -0.15) is 0 Å². The Morgan fingerprint density at radius 2 is 1.72 bits per heavy atom. The van der Waals surface area contributed by atoms with Crippen LogP contribution in [0.3, 0.4) is 0 Å². The van der Waals surface area contributed by atoms with Gasteiger partial charge in [0.15, 0.2) is 0 Å². The molecule has 0 aliphatic carbocycles. The number of thiophene rings is 1. The van der Waals surface area contributed by atoms with Crippen molar-refractivity contribution in [3.05, 3.63) is 111 Å². The van der Waals surface area contributed by atoms with Crippen molar-refractivity contribution < 1.29 is 24.3 Å². The molecule has 5 rings (SSSR count). The molecule has 0 spiro atoms. The molecule has 2 aromatic heterocycles. The van der Waals surface area contributed by atoms with Gasteiger partial charge in [-0.05, 0) is 59.5 Å². The zero-order valence-corrected chi connectivity index (χ0v) is 24.5. The average molecular weight is 618 g/mol. The van der Waals surface area contributed by atoms with E-state index in [0.717, 1.165) is 0 Å². The molecule has 0 bridgehead atoms. The van der Waals surface area contributed by atoms with Crippen LogP contribution in [0.25, 0.3) is 0 Å². The Labute approximate surface area is 256 Å². The Balaban J connectivity index is 1.39. The Kier molecular flexibility index (Phi) is 9.33. The summed E-state index contributed by atoms with van der Waals surface area (Å²) in [6.45, 7) is 2.01. The second-order valence-corrected chi connectivity index (χ2v) is 11.2. The van der Waals surface area contributed by atoms with Gasteiger partial charge in [0.2, 0.25) is 0 Å². The molecule has 3 amide bonds. The Bertz CT molecular complexity index is 1620. The third-order valence-electron chi connectivity index (χ3n) is 7.00. The van der Waals surface area contributed by atoms with E-state index < -0.39 is 23.8 Å². The average Bonchev–Trinajstić information content (AvgIpc) is 3.56. The van der Waals surface area contributed by atoms with Gasteiger partial charge >= 0.3 is 5.97 Å². The van der Waals surface area contributed by atoms with E-state index in [0.29, 0.717) is 58.6 Å². The summed E-state index contributed by atoms with van der Waals surface area (Å²) in [5.41, 5.74) is 2.21. The van der Waals surface area contributed by atoms with Crippen LogP contribution in [0.4, 0.5) is 11.4 Å². The normalized spacial score (nSPS) is 13.7. The second-order valence-electron chi connectivity index (χ2n) is 9.86. The first-order valence-electron chi connectivity index (χ1n) is 13.5. The van der Waals surface area contributed by atoms with Crippen molar-refractivity contribution in [3.8, 4) is 0 Å². The number of hydrogen-bond acceptors (Lipinski definition) is 7. The number of rotatable bonds is 9. The Morgan fingerprint density at radius 1 is 0.930 bits per heavy atom. The van der Waals surface area contributed by atoms with Crippen molar-refractivity contribution in [1.82, 2.24) is 15.2 Å². The molecule has 1 aliphatic rings. The van der Waals surface area contributed by atoms with E-state index in [-0.39, 0.29) is 17.9 Å². The Morgan fingerprint density at radius 3 is 2.40 bits per heavy atom. The predicted octanol–water partition coefficient (Wildman–Crippen LogP) is 4.96. The van der Waals surface area contributed by atoms with Gasteiger partial charge < -0.3 is 25.5 Å². The van der Waals surface area contributed by atoms with Crippen LogP contribution < -0.4 is 15.5 Å². The number of nitrogens with zero attached hydrogens (tertiary/aromatic N) is 3. The van der Waals surface area contributed by atoms with E-state index in [1.165, 1.54) is 17.5 Å². The first kappa shape index (κ1) is 29.7. The monoisotopic (exact) mass is 617 g/mol. The summed E-state index contributed by atoms with van der Waals surface area (Å²) in [5.74, 6) is -2.01. The molecular weight excluding hydrogens is 590 g/mol. The minimum Gasteiger partial charge on any atom is -0.481 e. The van der Waals surface area contributed by atoms with Gasteiger partial charge in [-0.25, -0.2) is 0 Å². The van der Waals surface area contributed by atoms with E-state index in [1.807, 2.05) is 17.5 Å². The maximum absolute atomic E-state index is 13.4. The summed E-state index contributed by atoms with van der Waals surface area (Å²) in [4.78, 5) is 59.5. The highest BCUT2D eigenvalue weighted by molar-refractivity contribution is 7.12. The largest absolute Gasteiger partial charge is 0.481 e. The van der Waals surface area contributed by atoms with Crippen molar-refractivity contribution >= 4 is 58.0 Å². The fourth-order valence-corrected chi connectivity index (χ4v) is 5.72. The lowest BCUT2D eigenvalue weighted by atomic mass is 10.0. The zero-order chi connectivity index (χ0) is 30.3. The van der Waals surface area contributed by atoms with Crippen LogP contribution in [0.15, 0.2) is 84.5 Å². The lowest BCUT2D eigenvalue weighted by Gasteiger charge is -2.37. The van der Waals surface area contributed by atoms with Crippen LogP contribution in [-0.2, 0) is 4.79 Å². The predicted molar refractivity (Wildman–Crippen MR) is 165 cm³/mol. The number of aromatic nitrogens is 1. The summed E-state index contributed by atoms with van der Waals surface area (Å²) in [6.07, 6.45) is 2.74. The van der Waals surface area contributed by atoms with Crippen LogP contribution in [0.5, 0.6) is 0 Å². The maximum atomic E-state index is 13.4. The van der Waals surface area contributed by atoms with Crippen molar-refractivity contribution in [2.75, 3.05) is 36.4 Å². The molecule has 10 nitrogen and oxygen atoms in total. The third-order valence-corrected chi connectivity index (χ3v) is 8.10. The SMILES string of the molecule is O=C(O)CC(NC(=O)c1ccc(N2CCN(C(=O)c3cccs3)CC2)c(NC(=O)c2cccc(Cl)c2)c1)c1cccnc1. The number of carbonyl (C=O) groups excluding carboxylic acids is 3. The first-order chi connectivity index (χ1) is 20.8. The lowest BCUT2D eigenvalue weighted by molar-refractivity contribution is -0.137. The molecule has 1 fully saturated rings. The number of piperazine rings is 1. The van der Waals surface area contributed by atoms with Gasteiger partial charge in [-0.3, -0.25) is 24.2 Å². The minimum absolute atomic E-state index is 0.0133. The molecule has 220 valence electrons. The maximum Gasteiger partial charge on any atom is 0.305 e. The highest BCUT2D eigenvalue weighted by atomic mass is 35.5. The molecule has 3 N–H and O–H groups in total. The van der Waals surface area contributed by atoms with Crippen LogP contribution in [-0.4, -0.2) is 64.9 Å². The van der Waals surface area contributed by atoms with Gasteiger partial charge in [0.1, 0.15) is 0 Å². The quantitative estimate of drug-likeness (QED) is 0.242. The van der Waals surface area contributed by atoms with Gasteiger partial charge in [0, 0.05) is 54.7 Å². The topological polar surface area (TPSA) is 132 Å². The number of halogens is 1. The Hall–Kier alpha value is -4.74. The number of aliphatic carboxylic acids is 1.